The van der Waals surface area contributed by atoms with E-state index in [4.69, 9.17) is 0 Å². The normalized spacial score (nSPS) is 28.8. The summed E-state index contributed by atoms with van der Waals surface area (Å²) < 4.78 is 0. The lowest BCUT2D eigenvalue weighted by atomic mass is 9.95. The first-order valence-electron chi connectivity index (χ1n) is 5.25. The van der Waals surface area contributed by atoms with Gasteiger partial charge in [-0.05, 0) is 33.2 Å². The highest BCUT2D eigenvalue weighted by Crippen LogP contribution is 2.19. The molecule has 1 atom stereocenters. The van der Waals surface area contributed by atoms with E-state index in [0.717, 1.165) is 19.4 Å². The summed E-state index contributed by atoms with van der Waals surface area (Å²) in [7, 11) is 0. The molecule has 0 bridgehead atoms. The number of carbonyl (C=O) groups excluding carboxylic acids is 1. The Morgan fingerprint density at radius 3 is 2.93 bits per heavy atom. The van der Waals surface area contributed by atoms with Crippen molar-refractivity contribution in [1.82, 2.24) is 10.2 Å². The number of likely N-dealkylation sites (N-methyl/N-ethyl adjacent to an activating group) is 1. The average Bonchev–Trinajstić information content (AvgIpc) is 2.02. The maximum atomic E-state index is 11.3. The van der Waals surface area contributed by atoms with E-state index in [0.29, 0.717) is 19.6 Å². The molecule has 82 valence electrons. The van der Waals surface area contributed by atoms with Gasteiger partial charge in [0.1, 0.15) is 0 Å². The van der Waals surface area contributed by atoms with Gasteiger partial charge in [-0.2, -0.15) is 0 Å². The number of carbonyl (C=O) groups is 1. The minimum absolute atomic E-state index is 0.0465. The molecule has 2 N–H and O–H groups in total. The molecule has 0 saturated carbocycles. The fourth-order valence-corrected chi connectivity index (χ4v) is 1.91. The van der Waals surface area contributed by atoms with Crippen molar-refractivity contribution < 1.29 is 9.90 Å². The highest BCUT2D eigenvalue weighted by molar-refractivity contribution is 5.77. The number of hydrogen-bond donors (Lipinski definition) is 2. The fraction of sp³-hybridized carbons (Fsp3) is 0.900. The Morgan fingerprint density at radius 1 is 1.64 bits per heavy atom. The molecule has 0 aromatic heterocycles. The lowest BCUT2D eigenvalue weighted by molar-refractivity contribution is -0.123. The van der Waals surface area contributed by atoms with Crippen LogP contribution < -0.4 is 5.32 Å². The first kappa shape index (κ1) is 11.5. The highest BCUT2D eigenvalue weighted by Gasteiger charge is 2.28. The minimum atomic E-state index is -0.620. The Hall–Kier alpha value is -0.610. The quantitative estimate of drug-likeness (QED) is 0.672. The topological polar surface area (TPSA) is 52.6 Å². The van der Waals surface area contributed by atoms with E-state index in [1.165, 1.54) is 0 Å². The lowest BCUT2D eigenvalue weighted by Gasteiger charge is -2.36. The van der Waals surface area contributed by atoms with Crippen molar-refractivity contribution in [2.75, 3.05) is 26.2 Å². The molecule has 1 saturated heterocycles. The van der Waals surface area contributed by atoms with Crippen LogP contribution in [0.25, 0.3) is 0 Å². The summed E-state index contributed by atoms with van der Waals surface area (Å²) in [4.78, 5) is 13.3. The SMILES string of the molecule is CCNC(=O)CN1CCCC(C)(O)C1. The Bertz CT molecular complexity index is 204. The maximum Gasteiger partial charge on any atom is 0.234 e. The fourth-order valence-electron chi connectivity index (χ4n) is 1.91. The molecule has 1 heterocycles. The maximum absolute atomic E-state index is 11.3. The van der Waals surface area contributed by atoms with E-state index in [1.54, 1.807) is 0 Å². The standard InChI is InChI=1S/C10H20N2O2/c1-3-11-9(13)7-12-6-4-5-10(2,14)8-12/h14H,3-8H2,1-2H3,(H,11,13). The second kappa shape index (κ2) is 4.75. The van der Waals surface area contributed by atoms with Gasteiger partial charge in [0.2, 0.25) is 5.91 Å². The van der Waals surface area contributed by atoms with E-state index in [2.05, 4.69) is 5.32 Å². The highest BCUT2D eigenvalue weighted by atomic mass is 16.3. The van der Waals surface area contributed by atoms with Crippen molar-refractivity contribution in [2.45, 2.75) is 32.3 Å². The van der Waals surface area contributed by atoms with Gasteiger partial charge >= 0.3 is 0 Å². The summed E-state index contributed by atoms with van der Waals surface area (Å²) >= 11 is 0. The molecular formula is C10H20N2O2. The van der Waals surface area contributed by atoms with Crippen molar-refractivity contribution in [2.24, 2.45) is 0 Å². The van der Waals surface area contributed by atoms with Crippen LogP contribution in [-0.4, -0.2) is 47.7 Å². The van der Waals surface area contributed by atoms with Crippen molar-refractivity contribution in [1.29, 1.82) is 0 Å². The third-order valence-corrected chi connectivity index (χ3v) is 2.50. The Balaban J connectivity index is 2.34. The van der Waals surface area contributed by atoms with Crippen LogP contribution in [0.2, 0.25) is 0 Å². The molecule has 4 heteroatoms. The van der Waals surface area contributed by atoms with Gasteiger partial charge in [-0.1, -0.05) is 0 Å². The van der Waals surface area contributed by atoms with E-state index in [9.17, 15) is 9.90 Å². The molecule has 1 aliphatic heterocycles. The van der Waals surface area contributed by atoms with Crippen molar-refractivity contribution in [3.05, 3.63) is 0 Å². The number of rotatable bonds is 3. The molecule has 1 amide bonds. The van der Waals surface area contributed by atoms with E-state index >= 15 is 0 Å². The molecule has 1 rings (SSSR count). The van der Waals surface area contributed by atoms with Gasteiger partial charge in [0, 0.05) is 13.1 Å². The smallest absolute Gasteiger partial charge is 0.234 e. The number of amides is 1. The lowest BCUT2D eigenvalue weighted by Crippen LogP contribution is -2.49. The number of likely N-dealkylation sites (tertiary alicyclic amines) is 1. The van der Waals surface area contributed by atoms with E-state index in [1.807, 2.05) is 18.7 Å². The summed E-state index contributed by atoms with van der Waals surface area (Å²) in [6, 6.07) is 0. The van der Waals surface area contributed by atoms with Gasteiger partial charge in [-0.15, -0.1) is 0 Å². The summed E-state index contributed by atoms with van der Waals surface area (Å²) in [6.07, 6.45) is 1.80. The number of hydrogen-bond acceptors (Lipinski definition) is 3. The minimum Gasteiger partial charge on any atom is -0.389 e. The predicted molar refractivity (Wildman–Crippen MR) is 55.0 cm³/mol. The molecule has 1 unspecified atom stereocenters. The zero-order valence-electron chi connectivity index (χ0n) is 9.05. The summed E-state index contributed by atoms with van der Waals surface area (Å²) in [5.41, 5.74) is -0.620. The van der Waals surface area contributed by atoms with Crippen molar-refractivity contribution in [3.63, 3.8) is 0 Å². The molecule has 0 spiro atoms. The van der Waals surface area contributed by atoms with Gasteiger partial charge in [0.15, 0.2) is 0 Å². The van der Waals surface area contributed by atoms with Gasteiger partial charge in [0.05, 0.1) is 12.1 Å². The zero-order valence-corrected chi connectivity index (χ0v) is 9.05. The Labute approximate surface area is 85.3 Å². The number of nitrogens with zero attached hydrogens (tertiary/aromatic N) is 1. The monoisotopic (exact) mass is 200 g/mol. The molecule has 1 fully saturated rings. The number of piperidine rings is 1. The molecule has 0 aliphatic carbocycles. The first-order chi connectivity index (χ1) is 6.53. The van der Waals surface area contributed by atoms with Crippen LogP contribution in [0.5, 0.6) is 0 Å². The predicted octanol–water partition coefficient (Wildman–Crippen LogP) is -0.0307. The molecule has 14 heavy (non-hydrogen) atoms. The third kappa shape index (κ3) is 3.64. The summed E-state index contributed by atoms with van der Waals surface area (Å²) in [6.45, 7) is 6.33. The Morgan fingerprint density at radius 2 is 2.36 bits per heavy atom. The first-order valence-corrected chi connectivity index (χ1v) is 5.25. The van der Waals surface area contributed by atoms with E-state index < -0.39 is 5.60 Å². The molecule has 0 aromatic rings. The van der Waals surface area contributed by atoms with Crippen LogP contribution in [0, 0.1) is 0 Å². The van der Waals surface area contributed by atoms with Crippen LogP contribution in [0.15, 0.2) is 0 Å². The summed E-state index contributed by atoms with van der Waals surface area (Å²) in [5.74, 6) is 0.0465. The number of nitrogens with one attached hydrogen (secondary N) is 1. The van der Waals surface area contributed by atoms with Crippen LogP contribution in [-0.2, 0) is 4.79 Å². The van der Waals surface area contributed by atoms with Crippen LogP contribution in [0.1, 0.15) is 26.7 Å². The van der Waals surface area contributed by atoms with Gasteiger partial charge in [-0.25, -0.2) is 0 Å². The second-order valence-electron chi connectivity index (χ2n) is 4.26. The largest absolute Gasteiger partial charge is 0.389 e. The van der Waals surface area contributed by atoms with Gasteiger partial charge in [0.25, 0.3) is 0 Å². The van der Waals surface area contributed by atoms with Crippen molar-refractivity contribution >= 4 is 5.91 Å². The average molecular weight is 200 g/mol. The number of β-amino-alcohol motifs (C(OH)–C–C–N with tert-alkyl or cyclic N) is 1. The Kier molecular flexibility index (Phi) is 3.89. The zero-order chi connectivity index (χ0) is 10.6. The molecule has 0 radical (unpaired) electrons. The second-order valence-corrected chi connectivity index (χ2v) is 4.26. The molecule has 4 nitrogen and oxygen atoms in total. The van der Waals surface area contributed by atoms with E-state index in [-0.39, 0.29) is 5.91 Å². The molecule has 0 aromatic carbocycles. The van der Waals surface area contributed by atoms with Crippen LogP contribution in [0.4, 0.5) is 0 Å². The van der Waals surface area contributed by atoms with Crippen LogP contribution >= 0.6 is 0 Å². The van der Waals surface area contributed by atoms with Gasteiger partial charge < -0.3 is 10.4 Å². The number of aliphatic hydroxyl groups is 1. The van der Waals surface area contributed by atoms with Crippen molar-refractivity contribution in [3.8, 4) is 0 Å². The summed E-state index contributed by atoms with van der Waals surface area (Å²) in [5, 5.41) is 12.6. The molecule has 1 aliphatic rings. The molecular weight excluding hydrogens is 180 g/mol. The van der Waals surface area contributed by atoms with Crippen LogP contribution in [0.3, 0.4) is 0 Å². The third-order valence-electron chi connectivity index (χ3n) is 2.50. The van der Waals surface area contributed by atoms with Gasteiger partial charge in [-0.3, -0.25) is 9.69 Å².